The maximum atomic E-state index is 11.0. The zero-order valence-electron chi connectivity index (χ0n) is 10.4. The van der Waals surface area contributed by atoms with E-state index in [4.69, 9.17) is 9.52 Å². The second kappa shape index (κ2) is 4.90. The fourth-order valence-electron chi connectivity index (χ4n) is 2.61. The molecule has 94 valence electrons. The molecule has 1 fully saturated rings. The van der Waals surface area contributed by atoms with Crippen LogP contribution in [0, 0.1) is 5.92 Å². The Bertz CT molecular complexity index is 411. The standard InChI is InChI=1S/C13H19NO3/c1-3-10-11(13(15)16)17-12(14-10)9-6-4-5-8(2)7-9/h8-9H,3-7H2,1-2H3,(H,15,16)/t8-,9-/m0/s1. The van der Waals surface area contributed by atoms with Gasteiger partial charge in [0, 0.05) is 5.92 Å². The molecule has 0 amide bonds. The summed E-state index contributed by atoms with van der Waals surface area (Å²) in [4.78, 5) is 15.4. The monoisotopic (exact) mass is 237 g/mol. The number of aromatic carboxylic acids is 1. The predicted molar refractivity (Wildman–Crippen MR) is 63.2 cm³/mol. The minimum atomic E-state index is -1.01. The third-order valence-corrected chi connectivity index (χ3v) is 3.53. The predicted octanol–water partition coefficient (Wildman–Crippen LogP) is 3.23. The van der Waals surface area contributed by atoms with Gasteiger partial charge in [0.2, 0.25) is 5.76 Å². The van der Waals surface area contributed by atoms with E-state index < -0.39 is 5.97 Å². The van der Waals surface area contributed by atoms with Crippen molar-refractivity contribution in [3.05, 3.63) is 17.3 Å². The summed E-state index contributed by atoms with van der Waals surface area (Å²) in [7, 11) is 0. The van der Waals surface area contributed by atoms with Crippen molar-refractivity contribution >= 4 is 5.97 Å². The lowest BCUT2D eigenvalue weighted by Crippen LogP contribution is -2.11. The van der Waals surface area contributed by atoms with Gasteiger partial charge >= 0.3 is 5.97 Å². The summed E-state index contributed by atoms with van der Waals surface area (Å²) in [6.07, 6.45) is 5.16. The van der Waals surface area contributed by atoms with Gasteiger partial charge in [-0.1, -0.05) is 26.7 Å². The van der Waals surface area contributed by atoms with Crippen molar-refractivity contribution in [3.8, 4) is 0 Å². The number of nitrogens with zero attached hydrogens (tertiary/aromatic N) is 1. The molecule has 17 heavy (non-hydrogen) atoms. The lowest BCUT2D eigenvalue weighted by molar-refractivity contribution is 0.0657. The molecular weight excluding hydrogens is 218 g/mol. The average Bonchev–Trinajstić information content (AvgIpc) is 2.73. The summed E-state index contributed by atoms with van der Waals surface area (Å²) >= 11 is 0. The first kappa shape index (κ1) is 12.1. The van der Waals surface area contributed by atoms with Gasteiger partial charge in [-0.15, -0.1) is 0 Å². The molecular formula is C13H19NO3. The number of hydrogen-bond acceptors (Lipinski definition) is 3. The molecule has 2 rings (SSSR count). The Kier molecular flexibility index (Phi) is 3.50. The Labute approximate surface area is 101 Å². The maximum absolute atomic E-state index is 11.0. The molecule has 0 spiro atoms. The normalized spacial score (nSPS) is 24.8. The van der Waals surface area contributed by atoms with Gasteiger partial charge in [-0.3, -0.25) is 0 Å². The Morgan fingerprint density at radius 1 is 1.53 bits per heavy atom. The van der Waals surface area contributed by atoms with Crippen molar-refractivity contribution in [1.29, 1.82) is 0 Å². The second-order valence-electron chi connectivity index (χ2n) is 4.96. The second-order valence-corrected chi connectivity index (χ2v) is 4.96. The molecule has 0 unspecified atom stereocenters. The molecule has 4 heteroatoms. The molecule has 1 aromatic rings. The van der Waals surface area contributed by atoms with Gasteiger partial charge < -0.3 is 9.52 Å². The summed E-state index contributed by atoms with van der Waals surface area (Å²) in [6.45, 7) is 4.13. The van der Waals surface area contributed by atoms with Crippen LogP contribution in [0.3, 0.4) is 0 Å². The molecule has 2 atom stereocenters. The molecule has 1 aliphatic rings. The fraction of sp³-hybridized carbons (Fsp3) is 0.692. The number of aromatic nitrogens is 1. The molecule has 0 aliphatic heterocycles. The van der Waals surface area contributed by atoms with Crippen molar-refractivity contribution in [3.63, 3.8) is 0 Å². The summed E-state index contributed by atoms with van der Waals surface area (Å²) < 4.78 is 5.44. The van der Waals surface area contributed by atoms with Gasteiger partial charge in [0.15, 0.2) is 5.89 Å². The van der Waals surface area contributed by atoms with Crippen LogP contribution in [-0.4, -0.2) is 16.1 Å². The van der Waals surface area contributed by atoms with Crippen molar-refractivity contribution < 1.29 is 14.3 Å². The Hall–Kier alpha value is -1.32. The SMILES string of the molecule is CCc1nc([C@H]2CCC[C@H](C)C2)oc1C(=O)O. The number of carboxylic acids is 1. The van der Waals surface area contributed by atoms with Crippen molar-refractivity contribution in [1.82, 2.24) is 4.98 Å². The molecule has 1 saturated carbocycles. The van der Waals surface area contributed by atoms with E-state index >= 15 is 0 Å². The Morgan fingerprint density at radius 3 is 2.82 bits per heavy atom. The van der Waals surface area contributed by atoms with Crippen LogP contribution in [0.1, 0.15) is 67.6 Å². The zero-order chi connectivity index (χ0) is 12.4. The summed E-state index contributed by atoms with van der Waals surface area (Å²) in [6, 6.07) is 0. The van der Waals surface area contributed by atoms with E-state index in [0.717, 1.165) is 12.8 Å². The van der Waals surface area contributed by atoms with Crippen LogP contribution >= 0.6 is 0 Å². The highest BCUT2D eigenvalue weighted by molar-refractivity contribution is 5.85. The Morgan fingerprint density at radius 2 is 2.29 bits per heavy atom. The lowest BCUT2D eigenvalue weighted by Gasteiger charge is -2.24. The van der Waals surface area contributed by atoms with Gasteiger partial charge in [0.25, 0.3) is 0 Å². The third kappa shape index (κ3) is 2.51. The molecule has 4 nitrogen and oxygen atoms in total. The van der Waals surface area contributed by atoms with Crippen LogP contribution in [0.2, 0.25) is 0 Å². The summed E-state index contributed by atoms with van der Waals surface area (Å²) in [5, 5.41) is 9.03. The van der Waals surface area contributed by atoms with Crippen LogP contribution in [-0.2, 0) is 6.42 Å². The van der Waals surface area contributed by atoms with E-state index in [2.05, 4.69) is 11.9 Å². The smallest absolute Gasteiger partial charge is 0.373 e. The number of carboxylic acid groups (broad SMARTS) is 1. The van der Waals surface area contributed by atoms with Crippen LogP contribution in [0.25, 0.3) is 0 Å². The number of oxazole rings is 1. The fourth-order valence-corrected chi connectivity index (χ4v) is 2.61. The van der Waals surface area contributed by atoms with Crippen molar-refractivity contribution in [2.24, 2.45) is 5.92 Å². The van der Waals surface area contributed by atoms with Crippen LogP contribution < -0.4 is 0 Å². The number of hydrogen-bond donors (Lipinski definition) is 1. The first-order chi connectivity index (χ1) is 8.11. The number of aryl methyl sites for hydroxylation is 1. The quantitative estimate of drug-likeness (QED) is 0.876. The van der Waals surface area contributed by atoms with Crippen LogP contribution in [0.5, 0.6) is 0 Å². The highest BCUT2D eigenvalue weighted by Gasteiger charge is 2.27. The van der Waals surface area contributed by atoms with E-state index in [1.54, 1.807) is 0 Å². The van der Waals surface area contributed by atoms with Crippen LogP contribution in [0.15, 0.2) is 4.42 Å². The molecule has 0 radical (unpaired) electrons. The summed E-state index contributed by atoms with van der Waals surface area (Å²) in [5.41, 5.74) is 0.575. The largest absolute Gasteiger partial charge is 0.475 e. The molecule has 0 bridgehead atoms. The first-order valence-electron chi connectivity index (χ1n) is 6.34. The maximum Gasteiger partial charge on any atom is 0.373 e. The molecule has 1 N–H and O–H groups in total. The topological polar surface area (TPSA) is 63.3 Å². The van der Waals surface area contributed by atoms with Crippen molar-refractivity contribution in [2.45, 2.75) is 51.9 Å². The third-order valence-electron chi connectivity index (χ3n) is 3.53. The van der Waals surface area contributed by atoms with E-state index in [0.29, 0.717) is 29.8 Å². The number of rotatable bonds is 3. The van der Waals surface area contributed by atoms with E-state index in [-0.39, 0.29) is 5.76 Å². The highest BCUT2D eigenvalue weighted by atomic mass is 16.4. The first-order valence-corrected chi connectivity index (χ1v) is 6.34. The van der Waals surface area contributed by atoms with Crippen LogP contribution in [0.4, 0.5) is 0 Å². The van der Waals surface area contributed by atoms with Crippen molar-refractivity contribution in [2.75, 3.05) is 0 Å². The molecule has 0 saturated heterocycles. The van der Waals surface area contributed by atoms with E-state index in [9.17, 15) is 4.79 Å². The average molecular weight is 237 g/mol. The number of carbonyl (C=O) groups is 1. The van der Waals surface area contributed by atoms with Gasteiger partial charge in [-0.2, -0.15) is 0 Å². The van der Waals surface area contributed by atoms with Gasteiger partial charge in [-0.25, -0.2) is 9.78 Å². The van der Waals surface area contributed by atoms with E-state index in [1.807, 2.05) is 6.92 Å². The van der Waals surface area contributed by atoms with E-state index in [1.165, 1.54) is 12.8 Å². The van der Waals surface area contributed by atoms with Gasteiger partial charge in [0.05, 0.1) is 5.69 Å². The molecule has 0 aromatic carbocycles. The molecule has 1 aliphatic carbocycles. The zero-order valence-corrected chi connectivity index (χ0v) is 10.4. The minimum absolute atomic E-state index is 0.0285. The summed E-state index contributed by atoms with van der Waals surface area (Å²) in [5.74, 6) is 0.632. The Balaban J connectivity index is 2.23. The molecule has 1 heterocycles. The van der Waals surface area contributed by atoms with Gasteiger partial charge in [-0.05, 0) is 25.2 Å². The highest BCUT2D eigenvalue weighted by Crippen LogP contribution is 2.36. The minimum Gasteiger partial charge on any atom is -0.475 e. The molecule has 1 aromatic heterocycles. The lowest BCUT2D eigenvalue weighted by atomic mass is 9.82. The van der Waals surface area contributed by atoms with Gasteiger partial charge in [0.1, 0.15) is 0 Å².